The van der Waals surface area contributed by atoms with Gasteiger partial charge in [0, 0.05) is 51.9 Å². The molecule has 1 unspecified atom stereocenters. The Morgan fingerprint density at radius 3 is 2.41 bits per heavy atom. The van der Waals surface area contributed by atoms with Crippen LogP contribution in [0.3, 0.4) is 0 Å². The van der Waals surface area contributed by atoms with Gasteiger partial charge in [0.1, 0.15) is 5.60 Å². The summed E-state index contributed by atoms with van der Waals surface area (Å²) in [5.41, 5.74) is -0.410. The van der Waals surface area contributed by atoms with E-state index >= 15 is 0 Å². The molecule has 0 bridgehead atoms. The zero-order valence-electron chi connectivity index (χ0n) is 14.6. The van der Waals surface area contributed by atoms with Gasteiger partial charge in [-0.05, 0) is 40.8 Å². The van der Waals surface area contributed by atoms with Crippen LogP contribution < -0.4 is 5.32 Å². The molecule has 0 aromatic rings. The molecule has 6 nitrogen and oxygen atoms in total. The Bertz CT molecular complexity index is 362. The van der Waals surface area contributed by atoms with Crippen molar-refractivity contribution in [2.75, 3.05) is 59.4 Å². The molecule has 1 amide bonds. The van der Waals surface area contributed by atoms with Gasteiger partial charge in [-0.15, -0.1) is 0 Å². The van der Waals surface area contributed by atoms with Crippen LogP contribution in [0, 0.1) is 0 Å². The fourth-order valence-corrected chi connectivity index (χ4v) is 3.01. The van der Waals surface area contributed by atoms with Gasteiger partial charge in [-0.2, -0.15) is 0 Å². The topological polar surface area (TPSA) is 48.0 Å². The van der Waals surface area contributed by atoms with Crippen molar-refractivity contribution < 1.29 is 9.53 Å². The molecule has 2 rings (SSSR count). The molecular weight excluding hydrogens is 280 g/mol. The minimum absolute atomic E-state index is 0.181. The first-order valence-corrected chi connectivity index (χ1v) is 8.46. The minimum Gasteiger partial charge on any atom is -0.444 e. The number of amides is 1. The Balaban J connectivity index is 1.60. The van der Waals surface area contributed by atoms with Crippen LogP contribution in [0.4, 0.5) is 4.79 Å². The number of hydrogen-bond acceptors (Lipinski definition) is 5. The van der Waals surface area contributed by atoms with Crippen LogP contribution >= 0.6 is 0 Å². The second-order valence-corrected chi connectivity index (χ2v) is 7.51. The average molecular weight is 312 g/mol. The SMILES string of the molecule is CN1CCC(NCCN2CCN(C(=O)OC(C)(C)C)CC2)C1. The third-order valence-corrected chi connectivity index (χ3v) is 4.28. The second kappa shape index (κ2) is 7.62. The van der Waals surface area contributed by atoms with Crippen LogP contribution in [0.2, 0.25) is 0 Å². The minimum atomic E-state index is -0.410. The average Bonchev–Trinajstić information content (AvgIpc) is 2.83. The molecular formula is C16H32N4O2. The van der Waals surface area contributed by atoms with Crippen LogP contribution in [0.15, 0.2) is 0 Å². The highest BCUT2D eigenvalue weighted by Crippen LogP contribution is 2.12. The molecule has 6 heteroatoms. The van der Waals surface area contributed by atoms with Crippen LogP contribution in [-0.2, 0) is 4.74 Å². The van der Waals surface area contributed by atoms with Gasteiger partial charge in [0.25, 0.3) is 0 Å². The molecule has 2 aliphatic rings. The Labute approximate surface area is 134 Å². The lowest BCUT2D eigenvalue weighted by Gasteiger charge is -2.35. The van der Waals surface area contributed by atoms with Gasteiger partial charge in [0.15, 0.2) is 0 Å². The predicted molar refractivity (Wildman–Crippen MR) is 88.2 cm³/mol. The van der Waals surface area contributed by atoms with Crippen molar-refractivity contribution in [3.05, 3.63) is 0 Å². The fraction of sp³-hybridized carbons (Fsp3) is 0.938. The number of piperazine rings is 1. The molecule has 0 saturated carbocycles. The van der Waals surface area contributed by atoms with E-state index < -0.39 is 5.60 Å². The number of rotatable bonds is 4. The second-order valence-electron chi connectivity index (χ2n) is 7.51. The van der Waals surface area contributed by atoms with E-state index in [9.17, 15) is 4.79 Å². The quantitative estimate of drug-likeness (QED) is 0.833. The third-order valence-electron chi connectivity index (χ3n) is 4.28. The lowest BCUT2D eigenvalue weighted by Crippen LogP contribution is -2.51. The van der Waals surface area contributed by atoms with Crippen LogP contribution in [0.1, 0.15) is 27.2 Å². The van der Waals surface area contributed by atoms with E-state index in [4.69, 9.17) is 4.74 Å². The van der Waals surface area contributed by atoms with Crippen molar-refractivity contribution in [1.82, 2.24) is 20.0 Å². The smallest absolute Gasteiger partial charge is 0.410 e. The highest BCUT2D eigenvalue weighted by molar-refractivity contribution is 5.68. The molecule has 1 N–H and O–H groups in total. The first-order chi connectivity index (χ1) is 10.3. The number of likely N-dealkylation sites (tertiary alicyclic amines) is 1. The number of hydrogen-bond donors (Lipinski definition) is 1. The maximum atomic E-state index is 12.0. The number of nitrogens with one attached hydrogen (secondary N) is 1. The van der Waals surface area contributed by atoms with E-state index in [0.29, 0.717) is 6.04 Å². The van der Waals surface area contributed by atoms with Gasteiger partial charge >= 0.3 is 6.09 Å². The van der Waals surface area contributed by atoms with Crippen molar-refractivity contribution in [3.8, 4) is 0 Å². The van der Waals surface area contributed by atoms with Crippen molar-refractivity contribution >= 4 is 6.09 Å². The summed E-state index contributed by atoms with van der Waals surface area (Å²) in [7, 11) is 2.18. The summed E-state index contributed by atoms with van der Waals surface area (Å²) in [5, 5.41) is 3.64. The van der Waals surface area contributed by atoms with Crippen LogP contribution in [0.5, 0.6) is 0 Å². The number of carbonyl (C=O) groups is 1. The zero-order valence-corrected chi connectivity index (χ0v) is 14.6. The summed E-state index contributed by atoms with van der Waals surface area (Å²) < 4.78 is 5.42. The normalized spacial score (nSPS) is 24.7. The van der Waals surface area contributed by atoms with E-state index in [1.54, 1.807) is 0 Å². The van der Waals surface area contributed by atoms with Crippen molar-refractivity contribution in [2.45, 2.75) is 38.8 Å². The maximum Gasteiger partial charge on any atom is 0.410 e. The molecule has 0 aliphatic carbocycles. The monoisotopic (exact) mass is 312 g/mol. The molecule has 2 heterocycles. The Hall–Kier alpha value is -0.850. The highest BCUT2D eigenvalue weighted by atomic mass is 16.6. The number of likely N-dealkylation sites (N-methyl/N-ethyl adjacent to an activating group) is 1. The molecule has 2 fully saturated rings. The largest absolute Gasteiger partial charge is 0.444 e. The van der Waals surface area contributed by atoms with Gasteiger partial charge in [0.05, 0.1) is 0 Å². The summed E-state index contributed by atoms with van der Waals surface area (Å²) >= 11 is 0. The molecule has 0 radical (unpaired) electrons. The summed E-state index contributed by atoms with van der Waals surface area (Å²) in [6, 6.07) is 0.646. The van der Waals surface area contributed by atoms with Crippen LogP contribution in [-0.4, -0.2) is 91.8 Å². The predicted octanol–water partition coefficient (Wildman–Crippen LogP) is 0.833. The molecule has 22 heavy (non-hydrogen) atoms. The first kappa shape index (κ1) is 17.5. The molecule has 0 spiro atoms. The van der Waals surface area contributed by atoms with Crippen molar-refractivity contribution in [2.24, 2.45) is 0 Å². The summed E-state index contributed by atoms with van der Waals surface area (Å²) in [5.74, 6) is 0. The molecule has 1 atom stereocenters. The van der Waals surface area contributed by atoms with E-state index in [0.717, 1.165) is 45.8 Å². The standard InChI is InChI=1S/C16H32N4O2/c1-16(2,3)22-15(21)20-11-9-19(10-12-20)8-6-17-14-5-7-18(4)13-14/h14,17H,5-13H2,1-4H3. The van der Waals surface area contributed by atoms with E-state index in [1.165, 1.54) is 13.0 Å². The molecule has 0 aromatic carbocycles. The fourth-order valence-electron chi connectivity index (χ4n) is 3.01. The highest BCUT2D eigenvalue weighted by Gasteiger charge is 2.26. The van der Waals surface area contributed by atoms with E-state index in [1.807, 2.05) is 25.7 Å². The van der Waals surface area contributed by atoms with Crippen molar-refractivity contribution in [3.63, 3.8) is 0 Å². The number of nitrogens with zero attached hydrogens (tertiary/aromatic N) is 3. The van der Waals surface area contributed by atoms with Gasteiger partial charge in [-0.25, -0.2) is 4.79 Å². The molecule has 0 aromatic heterocycles. The van der Waals surface area contributed by atoms with Crippen LogP contribution in [0.25, 0.3) is 0 Å². The lowest BCUT2D eigenvalue weighted by atomic mass is 10.2. The first-order valence-electron chi connectivity index (χ1n) is 8.46. The molecule has 128 valence electrons. The third kappa shape index (κ3) is 5.74. The van der Waals surface area contributed by atoms with Gasteiger partial charge in [-0.3, -0.25) is 4.90 Å². The maximum absolute atomic E-state index is 12.0. The summed E-state index contributed by atoms with van der Waals surface area (Å²) in [6.45, 7) is 13.6. The molecule has 2 saturated heterocycles. The Morgan fingerprint density at radius 2 is 1.86 bits per heavy atom. The molecule has 2 aliphatic heterocycles. The summed E-state index contributed by atoms with van der Waals surface area (Å²) in [6.07, 6.45) is 1.07. The van der Waals surface area contributed by atoms with Gasteiger partial charge < -0.3 is 19.9 Å². The zero-order chi connectivity index (χ0) is 16.2. The lowest BCUT2D eigenvalue weighted by molar-refractivity contribution is 0.0146. The number of ether oxygens (including phenoxy) is 1. The van der Waals surface area contributed by atoms with E-state index in [-0.39, 0.29) is 6.09 Å². The summed E-state index contributed by atoms with van der Waals surface area (Å²) in [4.78, 5) is 18.6. The van der Waals surface area contributed by atoms with Crippen molar-refractivity contribution in [1.29, 1.82) is 0 Å². The Morgan fingerprint density at radius 1 is 1.18 bits per heavy atom. The van der Waals surface area contributed by atoms with E-state index in [2.05, 4.69) is 22.2 Å². The number of carbonyl (C=O) groups excluding carboxylic acids is 1. The Kier molecular flexibility index (Phi) is 6.06. The van der Waals surface area contributed by atoms with Gasteiger partial charge in [0.2, 0.25) is 0 Å². The van der Waals surface area contributed by atoms with Gasteiger partial charge in [-0.1, -0.05) is 0 Å².